The van der Waals surface area contributed by atoms with Gasteiger partial charge in [0, 0.05) is 11.9 Å². The van der Waals surface area contributed by atoms with E-state index in [1.165, 1.54) is 5.56 Å². The molecule has 1 aromatic carbocycles. The Hall–Kier alpha value is -1.58. The number of aryl methyl sites for hydroxylation is 1. The highest BCUT2D eigenvalue weighted by Crippen LogP contribution is 2.31. The number of nitrogens with one attached hydrogen (secondary N) is 1. The lowest BCUT2D eigenvalue weighted by atomic mass is 9.97. The maximum absolute atomic E-state index is 6.10. The van der Waals surface area contributed by atoms with Gasteiger partial charge in [-0.05, 0) is 42.8 Å². The zero-order valence-electron chi connectivity index (χ0n) is 12.0. The number of methoxy groups -OCH3 is 1. The van der Waals surface area contributed by atoms with Gasteiger partial charge in [-0.15, -0.1) is 0 Å². The lowest BCUT2D eigenvalue weighted by Crippen LogP contribution is -2.23. The van der Waals surface area contributed by atoms with Gasteiger partial charge in [-0.2, -0.15) is 0 Å². The van der Waals surface area contributed by atoms with Crippen LogP contribution >= 0.6 is 11.6 Å². The molecule has 1 N–H and O–H groups in total. The SMILES string of the molecule is CCNC(c1ccc(Cl)c(OC)c1)c1cccnc1C. The summed E-state index contributed by atoms with van der Waals surface area (Å²) < 4.78 is 5.30. The number of rotatable bonds is 5. The highest BCUT2D eigenvalue weighted by atomic mass is 35.5. The van der Waals surface area contributed by atoms with Crippen LogP contribution in [0.15, 0.2) is 36.5 Å². The average molecular weight is 291 g/mol. The molecular weight excluding hydrogens is 272 g/mol. The van der Waals surface area contributed by atoms with E-state index in [1.807, 2.05) is 37.4 Å². The Morgan fingerprint density at radius 1 is 1.35 bits per heavy atom. The number of benzene rings is 1. The van der Waals surface area contributed by atoms with Gasteiger partial charge in [0.2, 0.25) is 0 Å². The van der Waals surface area contributed by atoms with E-state index in [2.05, 4.69) is 23.3 Å². The predicted molar refractivity (Wildman–Crippen MR) is 82.5 cm³/mol. The first-order valence-corrected chi connectivity index (χ1v) is 7.03. The summed E-state index contributed by atoms with van der Waals surface area (Å²) in [6.07, 6.45) is 1.81. The molecule has 0 fully saturated rings. The van der Waals surface area contributed by atoms with Gasteiger partial charge in [0.15, 0.2) is 0 Å². The molecule has 0 aliphatic heterocycles. The minimum atomic E-state index is 0.0832. The van der Waals surface area contributed by atoms with Crippen molar-refractivity contribution in [3.8, 4) is 5.75 Å². The Labute approximate surface area is 124 Å². The van der Waals surface area contributed by atoms with E-state index < -0.39 is 0 Å². The molecule has 0 aliphatic rings. The van der Waals surface area contributed by atoms with E-state index in [0.717, 1.165) is 17.8 Å². The van der Waals surface area contributed by atoms with E-state index in [9.17, 15) is 0 Å². The summed E-state index contributed by atoms with van der Waals surface area (Å²) in [6, 6.07) is 9.99. The first kappa shape index (κ1) is 14.8. The lowest BCUT2D eigenvalue weighted by Gasteiger charge is -2.21. The number of halogens is 1. The number of ether oxygens (including phenoxy) is 1. The third-order valence-electron chi connectivity index (χ3n) is 3.28. The average Bonchev–Trinajstić information content (AvgIpc) is 2.46. The molecule has 2 aromatic rings. The molecule has 0 aliphatic carbocycles. The first-order chi connectivity index (χ1) is 9.67. The fraction of sp³-hybridized carbons (Fsp3) is 0.312. The fourth-order valence-corrected chi connectivity index (χ4v) is 2.46. The summed E-state index contributed by atoms with van der Waals surface area (Å²) in [5.74, 6) is 0.689. The van der Waals surface area contributed by atoms with Crippen LogP contribution in [0, 0.1) is 6.92 Å². The van der Waals surface area contributed by atoms with Crippen LogP contribution in [0.1, 0.15) is 29.8 Å². The molecular formula is C16H19ClN2O. The van der Waals surface area contributed by atoms with Crippen molar-refractivity contribution in [2.75, 3.05) is 13.7 Å². The van der Waals surface area contributed by atoms with Crippen LogP contribution in [0.25, 0.3) is 0 Å². The van der Waals surface area contributed by atoms with Gasteiger partial charge in [0.1, 0.15) is 5.75 Å². The molecule has 0 spiro atoms. The zero-order chi connectivity index (χ0) is 14.5. The Morgan fingerprint density at radius 2 is 2.15 bits per heavy atom. The molecule has 3 nitrogen and oxygen atoms in total. The monoisotopic (exact) mass is 290 g/mol. The van der Waals surface area contributed by atoms with Crippen molar-refractivity contribution in [3.05, 3.63) is 58.4 Å². The van der Waals surface area contributed by atoms with E-state index in [4.69, 9.17) is 16.3 Å². The van der Waals surface area contributed by atoms with E-state index in [-0.39, 0.29) is 6.04 Å². The summed E-state index contributed by atoms with van der Waals surface area (Å²) >= 11 is 6.10. The zero-order valence-corrected chi connectivity index (χ0v) is 12.7. The standard InChI is InChI=1S/C16H19ClN2O/c1-4-18-16(13-6-5-9-19-11(13)2)12-7-8-14(17)15(10-12)20-3/h5-10,16,18H,4H2,1-3H3. The van der Waals surface area contributed by atoms with Crippen molar-refractivity contribution in [2.45, 2.75) is 19.9 Å². The van der Waals surface area contributed by atoms with E-state index in [1.54, 1.807) is 7.11 Å². The van der Waals surface area contributed by atoms with Crippen LogP contribution in [0.2, 0.25) is 5.02 Å². The van der Waals surface area contributed by atoms with Gasteiger partial charge in [0.25, 0.3) is 0 Å². The van der Waals surface area contributed by atoms with Gasteiger partial charge in [0.05, 0.1) is 18.2 Å². The maximum Gasteiger partial charge on any atom is 0.137 e. The van der Waals surface area contributed by atoms with Crippen LogP contribution in [0.5, 0.6) is 5.75 Å². The van der Waals surface area contributed by atoms with Crippen molar-refractivity contribution < 1.29 is 4.74 Å². The summed E-state index contributed by atoms with van der Waals surface area (Å²) in [7, 11) is 1.63. The normalized spacial score (nSPS) is 12.2. The van der Waals surface area contributed by atoms with E-state index >= 15 is 0 Å². The van der Waals surface area contributed by atoms with Gasteiger partial charge >= 0.3 is 0 Å². The Morgan fingerprint density at radius 3 is 2.80 bits per heavy atom. The molecule has 0 saturated heterocycles. The summed E-state index contributed by atoms with van der Waals surface area (Å²) in [4.78, 5) is 4.37. The summed E-state index contributed by atoms with van der Waals surface area (Å²) in [6.45, 7) is 4.97. The molecule has 2 rings (SSSR count). The van der Waals surface area contributed by atoms with Gasteiger partial charge < -0.3 is 10.1 Å². The Kier molecular flexibility index (Phi) is 4.99. The molecule has 1 atom stereocenters. The Bertz CT molecular complexity index is 586. The number of pyridine rings is 1. The molecule has 0 radical (unpaired) electrons. The number of hydrogen-bond donors (Lipinski definition) is 1. The third kappa shape index (κ3) is 3.11. The maximum atomic E-state index is 6.10. The molecule has 106 valence electrons. The molecule has 0 saturated carbocycles. The molecule has 0 amide bonds. The predicted octanol–water partition coefficient (Wildman–Crippen LogP) is 3.75. The third-order valence-corrected chi connectivity index (χ3v) is 3.59. The van der Waals surface area contributed by atoms with Crippen LogP contribution in [-0.4, -0.2) is 18.6 Å². The summed E-state index contributed by atoms with van der Waals surface area (Å²) in [5, 5.41) is 4.11. The first-order valence-electron chi connectivity index (χ1n) is 6.65. The quantitative estimate of drug-likeness (QED) is 0.910. The van der Waals surface area contributed by atoms with Crippen LogP contribution < -0.4 is 10.1 Å². The molecule has 20 heavy (non-hydrogen) atoms. The lowest BCUT2D eigenvalue weighted by molar-refractivity contribution is 0.414. The van der Waals surface area contributed by atoms with Crippen LogP contribution in [0.4, 0.5) is 0 Å². The van der Waals surface area contributed by atoms with Crippen molar-refractivity contribution in [2.24, 2.45) is 0 Å². The molecule has 1 unspecified atom stereocenters. The minimum absolute atomic E-state index is 0.0832. The minimum Gasteiger partial charge on any atom is -0.495 e. The van der Waals surface area contributed by atoms with Crippen LogP contribution in [0.3, 0.4) is 0 Å². The number of nitrogens with zero attached hydrogens (tertiary/aromatic N) is 1. The Balaban J connectivity index is 2.46. The second-order valence-corrected chi connectivity index (χ2v) is 4.97. The van der Waals surface area contributed by atoms with Crippen molar-refractivity contribution in [1.82, 2.24) is 10.3 Å². The summed E-state index contributed by atoms with van der Waals surface area (Å²) in [5.41, 5.74) is 3.30. The molecule has 0 bridgehead atoms. The van der Waals surface area contributed by atoms with Crippen LogP contribution in [-0.2, 0) is 0 Å². The van der Waals surface area contributed by atoms with Crippen molar-refractivity contribution >= 4 is 11.6 Å². The second kappa shape index (κ2) is 6.73. The highest BCUT2D eigenvalue weighted by molar-refractivity contribution is 6.32. The van der Waals surface area contributed by atoms with Crippen molar-refractivity contribution in [3.63, 3.8) is 0 Å². The number of aromatic nitrogens is 1. The van der Waals surface area contributed by atoms with Crippen molar-refractivity contribution in [1.29, 1.82) is 0 Å². The second-order valence-electron chi connectivity index (χ2n) is 4.56. The fourth-order valence-electron chi connectivity index (χ4n) is 2.27. The molecule has 1 aromatic heterocycles. The number of hydrogen-bond acceptors (Lipinski definition) is 3. The smallest absolute Gasteiger partial charge is 0.137 e. The van der Waals surface area contributed by atoms with Gasteiger partial charge in [-0.3, -0.25) is 4.98 Å². The van der Waals surface area contributed by atoms with Gasteiger partial charge in [-0.25, -0.2) is 0 Å². The van der Waals surface area contributed by atoms with E-state index in [0.29, 0.717) is 10.8 Å². The molecule has 1 heterocycles. The van der Waals surface area contributed by atoms with Gasteiger partial charge in [-0.1, -0.05) is 30.7 Å². The topological polar surface area (TPSA) is 34.1 Å². The molecule has 4 heteroatoms. The largest absolute Gasteiger partial charge is 0.495 e. The highest BCUT2D eigenvalue weighted by Gasteiger charge is 2.17.